The van der Waals surface area contributed by atoms with E-state index in [-0.39, 0.29) is 11.7 Å². The van der Waals surface area contributed by atoms with Crippen molar-refractivity contribution in [1.82, 2.24) is 10.2 Å². The van der Waals surface area contributed by atoms with E-state index in [0.29, 0.717) is 13.2 Å². The van der Waals surface area contributed by atoms with Gasteiger partial charge in [-0.1, -0.05) is 0 Å². The van der Waals surface area contributed by atoms with Gasteiger partial charge in [0.1, 0.15) is 17.8 Å². The molecule has 8 heteroatoms. The molecule has 0 aliphatic carbocycles. The van der Waals surface area contributed by atoms with Crippen LogP contribution in [0.25, 0.3) is 0 Å². The number of ether oxygens (including phenoxy) is 4. The topological polar surface area (TPSA) is 86.3 Å². The molecule has 26 heavy (non-hydrogen) atoms. The molecule has 0 bridgehead atoms. The van der Waals surface area contributed by atoms with E-state index < -0.39 is 35.5 Å². The zero-order chi connectivity index (χ0) is 19.9. The van der Waals surface area contributed by atoms with Gasteiger partial charge in [-0.15, -0.1) is 0 Å². The van der Waals surface area contributed by atoms with Gasteiger partial charge in [0.25, 0.3) is 0 Å². The van der Waals surface area contributed by atoms with Gasteiger partial charge in [0.2, 0.25) is 5.91 Å². The highest BCUT2D eigenvalue weighted by atomic mass is 16.7. The second-order valence-electron chi connectivity index (χ2n) is 9.00. The minimum Gasteiger partial charge on any atom is -0.373 e. The molecular formula is C18H32N2O6. The van der Waals surface area contributed by atoms with Gasteiger partial charge in [-0.25, -0.2) is 4.79 Å². The molecule has 2 fully saturated rings. The van der Waals surface area contributed by atoms with Crippen LogP contribution in [0, 0.1) is 0 Å². The third-order valence-electron chi connectivity index (χ3n) is 4.18. The second-order valence-corrected chi connectivity index (χ2v) is 9.00. The van der Waals surface area contributed by atoms with Crippen LogP contribution < -0.4 is 5.32 Å². The molecule has 2 rings (SSSR count). The quantitative estimate of drug-likeness (QED) is 0.808. The number of nitrogens with zero attached hydrogens (tertiary/aromatic N) is 1. The monoisotopic (exact) mass is 372 g/mol. The van der Waals surface area contributed by atoms with Crippen molar-refractivity contribution in [2.75, 3.05) is 20.3 Å². The number of carbonyl (C=O) groups is 2. The van der Waals surface area contributed by atoms with Gasteiger partial charge in [-0.3, -0.25) is 15.0 Å². The number of likely N-dealkylation sites (N-methyl/N-ethyl adjacent to an activating group) is 1. The van der Waals surface area contributed by atoms with Crippen LogP contribution in [0.1, 0.15) is 48.5 Å². The van der Waals surface area contributed by atoms with Gasteiger partial charge in [0, 0.05) is 14.0 Å². The Morgan fingerprint density at radius 2 is 1.81 bits per heavy atom. The van der Waals surface area contributed by atoms with Gasteiger partial charge in [0.05, 0.1) is 24.4 Å². The van der Waals surface area contributed by atoms with Gasteiger partial charge in [-0.2, -0.15) is 0 Å². The lowest BCUT2D eigenvalue weighted by molar-refractivity contribution is -0.265. The SMILES string of the molecule is CC(=O)NC(=O)N(C)C1OC2(COC(C)(C)C)COC2C1OC(C)(C)C. The lowest BCUT2D eigenvalue weighted by Crippen LogP contribution is -2.63. The Labute approximate surface area is 155 Å². The van der Waals surface area contributed by atoms with E-state index in [9.17, 15) is 9.59 Å². The first-order chi connectivity index (χ1) is 11.7. The number of amides is 3. The molecule has 2 aliphatic rings. The maximum atomic E-state index is 12.3. The molecule has 8 nitrogen and oxygen atoms in total. The summed E-state index contributed by atoms with van der Waals surface area (Å²) in [5.41, 5.74) is -1.45. The van der Waals surface area contributed by atoms with Crippen molar-refractivity contribution in [3.05, 3.63) is 0 Å². The highest BCUT2D eigenvalue weighted by molar-refractivity contribution is 5.93. The highest BCUT2D eigenvalue weighted by Gasteiger charge is 2.65. The van der Waals surface area contributed by atoms with Crippen molar-refractivity contribution in [2.24, 2.45) is 0 Å². The Bertz CT molecular complexity index is 553. The number of nitrogens with one attached hydrogen (secondary N) is 1. The van der Waals surface area contributed by atoms with Gasteiger partial charge in [0.15, 0.2) is 6.23 Å². The van der Waals surface area contributed by atoms with E-state index in [1.54, 1.807) is 7.05 Å². The Balaban J connectivity index is 2.21. The molecule has 0 radical (unpaired) electrons. The van der Waals surface area contributed by atoms with E-state index in [4.69, 9.17) is 18.9 Å². The number of hydrogen-bond donors (Lipinski definition) is 1. The molecule has 3 amide bonds. The van der Waals surface area contributed by atoms with Crippen LogP contribution in [0.2, 0.25) is 0 Å². The maximum Gasteiger partial charge on any atom is 0.325 e. The zero-order valence-corrected chi connectivity index (χ0v) is 17.0. The molecule has 1 N–H and O–H groups in total. The molecule has 0 aromatic rings. The van der Waals surface area contributed by atoms with Crippen molar-refractivity contribution in [2.45, 2.75) is 83.7 Å². The van der Waals surface area contributed by atoms with Crippen molar-refractivity contribution in [1.29, 1.82) is 0 Å². The van der Waals surface area contributed by atoms with Crippen LogP contribution in [0.4, 0.5) is 4.79 Å². The molecule has 4 unspecified atom stereocenters. The van der Waals surface area contributed by atoms with Crippen molar-refractivity contribution in [3.8, 4) is 0 Å². The van der Waals surface area contributed by atoms with E-state index in [1.807, 2.05) is 41.5 Å². The van der Waals surface area contributed by atoms with Gasteiger partial charge in [-0.05, 0) is 41.5 Å². The van der Waals surface area contributed by atoms with Crippen LogP contribution in [-0.2, 0) is 23.7 Å². The lowest BCUT2D eigenvalue weighted by Gasteiger charge is -2.45. The standard InChI is InChI=1S/C18H32N2O6/c1-11(21)19-15(22)20(8)14-12(25-17(5,6)7)13-18(26-14,9-23-13)10-24-16(2,3)4/h12-14H,9-10H2,1-8H3,(H,19,21,22). The Hall–Kier alpha value is -1.22. The number of fused-ring (bicyclic) bond motifs is 1. The molecular weight excluding hydrogens is 340 g/mol. The van der Waals surface area contributed by atoms with Crippen molar-refractivity contribution < 1.29 is 28.5 Å². The number of rotatable bonds is 4. The first kappa shape index (κ1) is 21.1. The summed E-state index contributed by atoms with van der Waals surface area (Å²) in [7, 11) is 1.57. The van der Waals surface area contributed by atoms with E-state index in [2.05, 4.69) is 5.32 Å². The largest absolute Gasteiger partial charge is 0.373 e. The van der Waals surface area contributed by atoms with Crippen LogP contribution in [-0.4, -0.2) is 72.3 Å². The summed E-state index contributed by atoms with van der Waals surface area (Å²) in [6, 6.07) is -0.543. The molecule has 2 heterocycles. The normalized spacial score (nSPS) is 31.2. The lowest BCUT2D eigenvalue weighted by atomic mass is 9.90. The van der Waals surface area contributed by atoms with Crippen LogP contribution in [0.3, 0.4) is 0 Å². The number of carbonyl (C=O) groups excluding carboxylic acids is 2. The first-order valence-corrected chi connectivity index (χ1v) is 8.90. The minimum atomic E-state index is -0.690. The van der Waals surface area contributed by atoms with Gasteiger partial charge >= 0.3 is 6.03 Å². The molecule has 0 aromatic carbocycles. The summed E-state index contributed by atoms with van der Waals surface area (Å²) in [6.45, 7) is 13.7. The van der Waals surface area contributed by atoms with Crippen molar-refractivity contribution >= 4 is 11.9 Å². The van der Waals surface area contributed by atoms with Crippen LogP contribution in [0.5, 0.6) is 0 Å². The predicted molar refractivity (Wildman–Crippen MR) is 94.7 cm³/mol. The number of urea groups is 1. The van der Waals surface area contributed by atoms with Crippen molar-refractivity contribution in [3.63, 3.8) is 0 Å². The average molecular weight is 372 g/mol. The molecule has 0 aromatic heterocycles. The zero-order valence-electron chi connectivity index (χ0n) is 17.0. The molecule has 0 saturated carbocycles. The minimum absolute atomic E-state index is 0.325. The second kappa shape index (κ2) is 7.07. The number of imide groups is 1. The molecule has 0 spiro atoms. The summed E-state index contributed by atoms with van der Waals surface area (Å²) < 4.78 is 24.1. The predicted octanol–water partition coefficient (Wildman–Crippen LogP) is 1.67. The van der Waals surface area contributed by atoms with Crippen LogP contribution in [0.15, 0.2) is 0 Å². The summed E-state index contributed by atoms with van der Waals surface area (Å²) in [6.07, 6.45) is -1.53. The average Bonchev–Trinajstić information content (AvgIpc) is 2.61. The summed E-state index contributed by atoms with van der Waals surface area (Å²) in [5, 5.41) is 2.26. The summed E-state index contributed by atoms with van der Waals surface area (Å²) in [5.74, 6) is -0.432. The smallest absolute Gasteiger partial charge is 0.325 e. The summed E-state index contributed by atoms with van der Waals surface area (Å²) in [4.78, 5) is 24.9. The van der Waals surface area contributed by atoms with Crippen LogP contribution >= 0.6 is 0 Å². The fourth-order valence-corrected chi connectivity index (χ4v) is 3.00. The van der Waals surface area contributed by atoms with Gasteiger partial charge < -0.3 is 18.9 Å². The fourth-order valence-electron chi connectivity index (χ4n) is 3.00. The fraction of sp³-hybridized carbons (Fsp3) is 0.889. The molecule has 150 valence electrons. The van der Waals surface area contributed by atoms with E-state index in [1.165, 1.54) is 11.8 Å². The highest BCUT2D eigenvalue weighted by Crippen LogP contribution is 2.45. The molecule has 2 saturated heterocycles. The van der Waals surface area contributed by atoms with E-state index in [0.717, 1.165) is 0 Å². The molecule has 2 aliphatic heterocycles. The number of hydrogen-bond acceptors (Lipinski definition) is 6. The maximum absolute atomic E-state index is 12.3. The first-order valence-electron chi connectivity index (χ1n) is 8.90. The third-order valence-corrected chi connectivity index (χ3v) is 4.18. The summed E-state index contributed by atoms with van der Waals surface area (Å²) >= 11 is 0. The third kappa shape index (κ3) is 4.73. The van der Waals surface area contributed by atoms with E-state index >= 15 is 0 Å². The Kier molecular flexibility index (Phi) is 5.73. The Morgan fingerprint density at radius 3 is 2.23 bits per heavy atom. The Morgan fingerprint density at radius 1 is 1.19 bits per heavy atom. The molecule has 4 atom stereocenters.